The largest absolute Gasteiger partial charge is 0.490 e. The summed E-state index contributed by atoms with van der Waals surface area (Å²) in [5.74, 6) is -0.196. The van der Waals surface area contributed by atoms with E-state index < -0.39 is 12.1 Å². The van der Waals surface area contributed by atoms with Gasteiger partial charge >= 0.3 is 5.97 Å². The van der Waals surface area contributed by atoms with Crippen molar-refractivity contribution >= 4 is 17.6 Å². The Morgan fingerprint density at radius 3 is 2.84 bits per heavy atom. The zero-order valence-electron chi connectivity index (χ0n) is 10.8. The zero-order valence-corrected chi connectivity index (χ0v) is 11.5. The Morgan fingerprint density at radius 2 is 2.26 bits per heavy atom. The van der Waals surface area contributed by atoms with Gasteiger partial charge in [-0.25, -0.2) is 4.79 Å². The van der Waals surface area contributed by atoms with E-state index in [9.17, 15) is 9.90 Å². The molecule has 1 atom stereocenters. The van der Waals surface area contributed by atoms with Crippen molar-refractivity contribution in [3.05, 3.63) is 28.8 Å². The van der Waals surface area contributed by atoms with Crippen molar-refractivity contribution in [3.8, 4) is 5.75 Å². The van der Waals surface area contributed by atoms with Crippen LogP contribution in [0.5, 0.6) is 5.75 Å². The number of aliphatic hydroxyl groups is 1. The summed E-state index contributed by atoms with van der Waals surface area (Å²) in [5, 5.41) is 10.5. The van der Waals surface area contributed by atoms with Crippen LogP contribution in [0.25, 0.3) is 0 Å². The second kappa shape index (κ2) is 6.26. The van der Waals surface area contributed by atoms with Crippen LogP contribution in [0.1, 0.15) is 37.9 Å². The van der Waals surface area contributed by atoms with Crippen LogP contribution in [0, 0.1) is 0 Å². The second-order valence-electron chi connectivity index (χ2n) is 4.51. The van der Waals surface area contributed by atoms with Gasteiger partial charge in [0.15, 0.2) is 6.10 Å². The molecule has 0 radical (unpaired) electrons. The molecular weight excluding hydrogens is 268 g/mol. The van der Waals surface area contributed by atoms with E-state index >= 15 is 0 Å². The fourth-order valence-electron chi connectivity index (χ4n) is 1.86. The average Bonchev–Trinajstić information content (AvgIpc) is 2.34. The molecule has 2 rings (SSSR count). The topological polar surface area (TPSA) is 55.8 Å². The minimum Gasteiger partial charge on any atom is -0.490 e. The number of halogens is 1. The lowest BCUT2D eigenvalue weighted by atomic mass is 9.96. The van der Waals surface area contributed by atoms with Crippen molar-refractivity contribution in [2.75, 3.05) is 6.61 Å². The summed E-state index contributed by atoms with van der Waals surface area (Å²) >= 11 is 5.91. The van der Waals surface area contributed by atoms with E-state index in [1.807, 2.05) is 0 Å². The number of ether oxygens (including phenoxy) is 2. The first-order valence-electron chi connectivity index (χ1n) is 6.42. The first-order chi connectivity index (χ1) is 9.11. The predicted molar refractivity (Wildman–Crippen MR) is 71.3 cm³/mol. The van der Waals surface area contributed by atoms with Gasteiger partial charge in [0.05, 0.1) is 12.7 Å². The van der Waals surface area contributed by atoms with Crippen LogP contribution in [0.3, 0.4) is 0 Å². The summed E-state index contributed by atoms with van der Waals surface area (Å²) in [4.78, 5) is 11.6. The van der Waals surface area contributed by atoms with Gasteiger partial charge in [0, 0.05) is 10.6 Å². The Bertz CT molecular complexity index is 457. The Balaban J connectivity index is 2.20. The van der Waals surface area contributed by atoms with Crippen LogP contribution in [-0.2, 0) is 9.53 Å². The normalized spacial score (nSPS) is 16.6. The van der Waals surface area contributed by atoms with Crippen LogP contribution in [0.2, 0.25) is 5.02 Å². The molecule has 1 fully saturated rings. The van der Waals surface area contributed by atoms with E-state index in [4.69, 9.17) is 21.1 Å². The summed E-state index contributed by atoms with van der Waals surface area (Å²) < 4.78 is 10.6. The lowest BCUT2D eigenvalue weighted by Crippen LogP contribution is -2.26. The van der Waals surface area contributed by atoms with Crippen LogP contribution in [-0.4, -0.2) is 23.8 Å². The summed E-state index contributed by atoms with van der Waals surface area (Å²) in [5.41, 5.74) is 0.359. The molecule has 1 N–H and O–H groups in total. The van der Waals surface area contributed by atoms with Gasteiger partial charge in [-0.2, -0.15) is 0 Å². The van der Waals surface area contributed by atoms with Crippen molar-refractivity contribution < 1.29 is 19.4 Å². The van der Waals surface area contributed by atoms with Gasteiger partial charge in [-0.1, -0.05) is 11.6 Å². The fraction of sp³-hybridized carbons (Fsp3) is 0.500. The molecule has 0 heterocycles. The maximum absolute atomic E-state index is 11.6. The van der Waals surface area contributed by atoms with Crippen molar-refractivity contribution in [2.24, 2.45) is 0 Å². The number of carbonyl (C=O) groups is 1. The number of carbonyl (C=O) groups excluding carboxylic acids is 1. The highest BCUT2D eigenvalue weighted by Gasteiger charge is 2.26. The molecule has 0 aromatic heterocycles. The van der Waals surface area contributed by atoms with Crippen molar-refractivity contribution in [3.63, 3.8) is 0 Å². The van der Waals surface area contributed by atoms with Gasteiger partial charge in [-0.15, -0.1) is 0 Å². The summed E-state index contributed by atoms with van der Waals surface area (Å²) in [6.07, 6.45) is 1.94. The maximum atomic E-state index is 11.6. The van der Waals surface area contributed by atoms with E-state index in [1.165, 1.54) is 6.07 Å². The third-order valence-corrected chi connectivity index (χ3v) is 3.36. The second-order valence-corrected chi connectivity index (χ2v) is 4.94. The van der Waals surface area contributed by atoms with Crippen molar-refractivity contribution in [1.29, 1.82) is 0 Å². The van der Waals surface area contributed by atoms with Crippen molar-refractivity contribution in [2.45, 2.75) is 38.4 Å². The molecule has 1 aliphatic carbocycles. The third kappa shape index (κ3) is 3.39. The third-order valence-electron chi connectivity index (χ3n) is 3.12. The zero-order chi connectivity index (χ0) is 13.8. The average molecular weight is 285 g/mol. The summed E-state index contributed by atoms with van der Waals surface area (Å²) in [6, 6.07) is 4.90. The van der Waals surface area contributed by atoms with E-state index in [0.717, 1.165) is 19.3 Å². The van der Waals surface area contributed by atoms with Gasteiger partial charge < -0.3 is 14.6 Å². The quantitative estimate of drug-likeness (QED) is 0.845. The minimum absolute atomic E-state index is 0.161. The number of benzene rings is 1. The Kier molecular flexibility index (Phi) is 4.66. The number of hydrogen-bond donors (Lipinski definition) is 1. The molecule has 1 aromatic rings. The molecule has 0 bridgehead atoms. The number of esters is 1. The molecule has 1 aromatic carbocycles. The number of aliphatic hydroxyl groups excluding tert-OH is 1. The lowest BCUT2D eigenvalue weighted by Gasteiger charge is -2.28. The molecule has 19 heavy (non-hydrogen) atoms. The van der Waals surface area contributed by atoms with Crippen LogP contribution >= 0.6 is 11.6 Å². The fourth-order valence-corrected chi connectivity index (χ4v) is 2.04. The van der Waals surface area contributed by atoms with E-state index in [2.05, 4.69) is 0 Å². The van der Waals surface area contributed by atoms with Crippen LogP contribution in [0.4, 0.5) is 0 Å². The molecule has 0 spiro atoms. The first kappa shape index (κ1) is 14.2. The van der Waals surface area contributed by atoms with Gasteiger partial charge in [0.1, 0.15) is 5.75 Å². The molecule has 0 aliphatic heterocycles. The van der Waals surface area contributed by atoms with E-state index in [1.54, 1.807) is 19.1 Å². The first-order valence-corrected chi connectivity index (χ1v) is 6.80. The standard InChI is InChI=1S/C14H17ClO4/c1-2-18-14(17)13(16)11-8-9(15)6-7-12(11)19-10-4-3-5-10/h6-8,10,13,16H,2-5H2,1H3. The van der Waals surface area contributed by atoms with Crippen LogP contribution in [0.15, 0.2) is 18.2 Å². The molecule has 104 valence electrons. The van der Waals surface area contributed by atoms with E-state index in [0.29, 0.717) is 16.3 Å². The Labute approximate surface area is 117 Å². The summed E-state index contributed by atoms with van der Waals surface area (Å²) in [6.45, 7) is 1.91. The smallest absolute Gasteiger partial charge is 0.339 e. The SMILES string of the molecule is CCOC(=O)C(O)c1cc(Cl)ccc1OC1CCC1. The van der Waals surface area contributed by atoms with E-state index in [-0.39, 0.29) is 12.7 Å². The van der Waals surface area contributed by atoms with Gasteiger partial charge in [0.2, 0.25) is 0 Å². The monoisotopic (exact) mass is 284 g/mol. The lowest BCUT2D eigenvalue weighted by molar-refractivity contribution is -0.153. The molecule has 0 amide bonds. The molecule has 1 unspecified atom stereocenters. The Hall–Kier alpha value is -1.26. The van der Waals surface area contributed by atoms with Crippen molar-refractivity contribution in [1.82, 2.24) is 0 Å². The number of hydrogen-bond acceptors (Lipinski definition) is 4. The highest BCUT2D eigenvalue weighted by Crippen LogP contribution is 2.33. The predicted octanol–water partition coefficient (Wildman–Crippen LogP) is 2.87. The summed E-state index contributed by atoms with van der Waals surface area (Å²) in [7, 11) is 0. The molecule has 5 heteroatoms. The van der Waals surface area contributed by atoms with Gasteiger partial charge in [-0.3, -0.25) is 0 Å². The molecule has 1 saturated carbocycles. The molecule has 1 aliphatic rings. The van der Waals surface area contributed by atoms with Gasteiger partial charge in [-0.05, 0) is 44.4 Å². The molecule has 0 saturated heterocycles. The van der Waals surface area contributed by atoms with Gasteiger partial charge in [0.25, 0.3) is 0 Å². The minimum atomic E-state index is -1.37. The highest BCUT2D eigenvalue weighted by molar-refractivity contribution is 6.30. The Morgan fingerprint density at radius 1 is 1.53 bits per heavy atom. The molecular formula is C14H17ClO4. The number of rotatable bonds is 5. The highest BCUT2D eigenvalue weighted by atomic mass is 35.5. The maximum Gasteiger partial charge on any atom is 0.339 e. The molecule has 4 nitrogen and oxygen atoms in total. The van der Waals surface area contributed by atoms with Crippen LogP contribution < -0.4 is 4.74 Å².